The molecule has 1 heterocycles. The molecule has 0 amide bonds. The molecule has 0 N–H and O–H groups in total. The SMILES string of the molecule is C[N+](=O)c1ccc(OC(=O)OC2CCC3(C)C(=CCC4C3CCC3(C)C(c5cccnc5)=CCC43)C2)cc1. The molecule has 0 spiro atoms. The first-order valence-electron chi connectivity index (χ1n) is 14.0. The average Bonchev–Trinajstić information content (AvgIpc) is 3.27. The minimum absolute atomic E-state index is 0.162. The molecule has 6 atom stereocenters. The van der Waals surface area contributed by atoms with Gasteiger partial charge in [-0.1, -0.05) is 37.6 Å². The van der Waals surface area contributed by atoms with Gasteiger partial charge in [-0.25, -0.2) is 4.79 Å². The molecule has 4 aliphatic carbocycles. The second-order valence-corrected chi connectivity index (χ2v) is 12.1. The largest absolute Gasteiger partial charge is 0.514 e. The normalized spacial score (nSPS) is 33.7. The second-order valence-electron chi connectivity index (χ2n) is 12.1. The molecule has 0 aliphatic heterocycles. The zero-order chi connectivity index (χ0) is 26.5. The van der Waals surface area contributed by atoms with Crippen LogP contribution in [-0.2, 0) is 4.74 Å². The van der Waals surface area contributed by atoms with E-state index in [4.69, 9.17) is 9.47 Å². The van der Waals surface area contributed by atoms with Crippen molar-refractivity contribution in [2.75, 3.05) is 7.05 Å². The topological polar surface area (TPSA) is 68.5 Å². The van der Waals surface area contributed by atoms with Gasteiger partial charge in [-0.2, -0.15) is 0 Å². The fraction of sp³-hybridized carbons (Fsp3) is 0.500. The molecule has 0 bridgehead atoms. The molecule has 6 nitrogen and oxygen atoms in total. The monoisotopic (exact) mass is 513 g/mol. The van der Waals surface area contributed by atoms with Crippen molar-refractivity contribution in [2.45, 2.75) is 64.9 Å². The molecule has 2 saturated carbocycles. The van der Waals surface area contributed by atoms with Gasteiger partial charge in [0.15, 0.2) is 7.05 Å². The van der Waals surface area contributed by atoms with Gasteiger partial charge in [0.05, 0.1) is 0 Å². The zero-order valence-corrected chi connectivity index (χ0v) is 22.6. The van der Waals surface area contributed by atoms with Gasteiger partial charge >= 0.3 is 6.16 Å². The number of allylic oxidation sites excluding steroid dienone is 3. The average molecular weight is 514 g/mol. The highest BCUT2D eigenvalue weighted by Crippen LogP contribution is 2.66. The minimum Gasteiger partial charge on any atom is -0.430 e. The lowest BCUT2D eigenvalue weighted by molar-refractivity contribution is -0.428. The Morgan fingerprint density at radius 2 is 1.79 bits per heavy atom. The standard InChI is InChI=1S/C32H37N2O4/c1-31-16-14-25(38-30(35)37-24-9-7-23(8-10-24)34(3)36)19-22(31)6-11-26-28-13-12-27(21-5-4-18-33-20-21)32(28,2)17-15-29(26)31/h4-10,12,18,20,25-26,28-29H,11,13-17,19H2,1-3H3/q+1. The quantitative estimate of drug-likeness (QED) is 0.182. The van der Waals surface area contributed by atoms with E-state index in [0.717, 1.165) is 36.9 Å². The lowest BCUT2D eigenvalue weighted by Gasteiger charge is -2.57. The third-order valence-electron chi connectivity index (χ3n) is 10.3. The molecule has 0 radical (unpaired) electrons. The summed E-state index contributed by atoms with van der Waals surface area (Å²) >= 11 is 0. The molecule has 1 aromatic heterocycles. The summed E-state index contributed by atoms with van der Waals surface area (Å²) in [4.78, 5) is 28.3. The third kappa shape index (κ3) is 4.18. The molecular weight excluding hydrogens is 476 g/mol. The fourth-order valence-electron chi connectivity index (χ4n) is 8.25. The molecule has 1 aromatic carbocycles. The van der Waals surface area contributed by atoms with Gasteiger partial charge in [-0.05, 0) is 96.4 Å². The Hall–Kier alpha value is -3.28. The van der Waals surface area contributed by atoms with Gasteiger partial charge < -0.3 is 9.47 Å². The first-order valence-corrected chi connectivity index (χ1v) is 14.0. The molecule has 0 saturated heterocycles. The minimum atomic E-state index is -0.676. The summed E-state index contributed by atoms with van der Waals surface area (Å²) in [6.07, 6.45) is 15.4. The highest BCUT2D eigenvalue weighted by Gasteiger charge is 2.57. The summed E-state index contributed by atoms with van der Waals surface area (Å²) in [6, 6.07) is 10.7. The number of nitrogens with zero attached hydrogens (tertiary/aromatic N) is 2. The van der Waals surface area contributed by atoms with Crippen molar-refractivity contribution < 1.29 is 19.0 Å². The van der Waals surface area contributed by atoms with Crippen molar-refractivity contribution in [2.24, 2.45) is 28.6 Å². The van der Waals surface area contributed by atoms with Crippen LogP contribution in [0.1, 0.15) is 64.4 Å². The van der Waals surface area contributed by atoms with Crippen LogP contribution in [0.15, 0.2) is 66.5 Å². The Kier molecular flexibility index (Phi) is 6.24. The van der Waals surface area contributed by atoms with Crippen molar-refractivity contribution in [1.29, 1.82) is 0 Å². The third-order valence-corrected chi connectivity index (χ3v) is 10.3. The summed E-state index contributed by atoms with van der Waals surface area (Å²) in [5.41, 5.74) is 5.15. The van der Waals surface area contributed by atoms with Crippen molar-refractivity contribution in [3.05, 3.63) is 77.0 Å². The van der Waals surface area contributed by atoms with Gasteiger partial charge in [-0.3, -0.25) is 4.98 Å². The summed E-state index contributed by atoms with van der Waals surface area (Å²) in [5.74, 6) is 2.41. The van der Waals surface area contributed by atoms with Crippen molar-refractivity contribution in [3.8, 4) is 5.75 Å². The lowest BCUT2D eigenvalue weighted by atomic mass is 9.47. The van der Waals surface area contributed by atoms with Gasteiger partial charge in [0.25, 0.3) is 5.69 Å². The number of carbonyl (C=O) groups is 1. The molecule has 6 heteroatoms. The number of aromatic nitrogens is 1. The second kappa shape index (κ2) is 9.48. The number of carbonyl (C=O) groups excluding carboxylic acids is 1. The fourth-order valence-corrected chi connectivity index (χ4v) is 8.25. The van der Waals surface area contributed by atoms with Crippen LogP contribution in [-0.4, -0.2) is 29.1 Å². The van der Waals surface area contributed by atoms with Crippen LogP contribution in [0.5, 0.6) is 5.75 Å². The van der Waals surface area contributed by atoms with E-state index >= 15 is 0 Å². The van der Waals surface area contributed by atoms with E-state index < -0.39 is 6.16 Å². The predicted molar refractivity (Wildman–Crippen MR) is 146 cm³/mol. The summed E-state index contributed by atoms with van der Waals surface area (Å²) < 4.78 is 11.9. The number of hydrogen-bond acceptors (Lipinski definition) is 5. The maximum absolute atomic E-state index is 12.5. The van der Waals surface area contributed by atoms with Crippen LogP contribution < -0.4 is 4.74 Å². The van der Waals surface area contributed by atoms with Crippen LogP contribution >= 0.6 is 0 Å². The lowest BCUT2D eigenvalue weighted by Crippen LogP contribution is -2.50. The predicted octanol–water partition coefficient (Wildman–Crippen LogP) is 7.66. The van der Waals surface area contributed by atoms with Crippen molar-refractivity contribution in [1.82, 2.24) is 4.98 Å². The molecule has 2 fully saturated rings. The Morgan fingerprint density at radius 1 is 1.00 bits per heavy atom. The van der Waals surface area contributed by atoms with Crippen LogP contribution in [0.4, 0.5) is 10.5 Å². The number of ether oxygens (including phenoxy) is 2. The van der Waals surface area contributed by atoms with E-state index in [2.05, 4.69) is 43.1 Å². The van der Waals surface area contributed by atoms with E-state index in [1.54, 1.807) is 24.3 Å². The van der Waals surface area contributed by atoms with Gasteiger partial charge in [0.1, 0.15) is 11.9 Å². The number of pyridine rings is 1. The molecule has 2 aromatic rings. The van der Waals surface area contributed by atoms with E-state index in [1.165, 1.54) is 36.6 Å². The number of rotatable bonds is 4. The number of benzene rings is 1. The Balaban J connectivity index is 1.12. The number of fused-ring (bicyclic) bond motifs is 5. The van der Waals surface area contributed by atoms with Crippen LogP contribution in [0, 0.1) is 33.5 Å². The van der Waals surface area contributed by atoms with Crippen LogP contribution in [0.3, 0.4) is 0 Å². The highest BCUT2D eigenvalue weighted by atomic mass is 16.7. The summed E-state index contributed by atoms with van der Waals surface area (Å²) in [7, 11) is 1.43. The number of nitroso groups, excluding NO2 is 1. The zero-order valence-electron chi connectivity index (χ0n) is 22.6. The van der Waals surface area contributed by atoms with Crippen LogP contribution in [0.25, 0.3) is 5.57 Å². The van der Waals surface area contributed by atoms with Crippen molar-refractivity contribution >= 4 is 17.4 Å². The molecular formula is C32H37N2O4+. The van der Waals surface area contributed by atoms with E-state index in [0.29, 0.717) is 29.2 Å². The van der Waals surface area contributed by atoms with E-state index in [1.807, 2.05) is 12.4 Å². The van der Waals surface area contributed by atoms with Gasteiger partial charge in [0, 0.05) is 40.6 Å². The molecule has 38 heavy (non-hydrogen) atoms. The first-order chi connectivity index (χ1) is 18.3. The maximum Gasteiger partial charge on any atom is 0.514 e. The molecule has 6 rings (SSSR count). The Bertz CT molecular complexity index is 1300. The highest BCUT2D eigenvalue weighted by molar-refractivity contribution is 5.72. The summed E-state index contributed by atoms with van der Waals surface area (Å²) in [5, 5.41) is 0. The summed E-state index contributed by atoms with van der Waals surface area (Å²) in [6.45, 7) is 4.95. The smallest absolute Gasteiger partial charge is 0.430 e. The molecule has 4 aliphatic rings. The van der Waals surface area contributed by atoms with E-state index in [-0.39, 0.29) is 16.9 Å². The van der Waals surface area contributed by atoms with E-state index in [9.17, 15) is 9.70 Å². The first kappa shape index (κ1) is 25.0. The van der Waals surface area contributed by atoms with Gasteiger partial charge in [0.2, 0.25) is 0 Å². The Labute approximate surface area is 224 Å². The molecule has 198 valence electrons. The Morgan fingerprint density at radius 3 is 2.53 bits per heavy atom. The molecule has 6 unspecified atom stereocenters. The van der Waals surface area contributed by atoms with Gasteiger partial charge in [-0.15, -0.1) is 0 Å². The van der Waals surface area contributed by atoms with Crippen molar-refractivity contribution in [3.63, 3.8) is 0 Å². The maximum atomic E-state index is 12.5. The van der Waals surface area contributed by atoms with Crippen LogP contribution in [0.2, 0.25) is 0 Å². The number of hydrogen-bond donors (Lipinski definition) is 0.